The van der Waals surface area contributed by atoms with E-state index in [0.29, 0.717) is 4.77 Å². The molecule has 2 aromatic rings. The van der Waals surface area contributed by atoms with Gasteiger partial charge >= 0.3 is 0 Å². The Morgan fingerprint density at radius 2 is 2.11 bits per heavy atom. The summed E-state index contributed by atoms with van der Waals surface area (Å²) in [5.41, 5.74) is 2.49. The van der Waals surface area contributed by atoms with Crippen LogP contribution in [-0.2, 0) is 7.05 Å². The van der Waals surface area contributed by atoms with Gasteiger partial charge in [-0.2, -0.15) is 5.10 Å². The van der Waals surface area contributed by atoms with Crippen LogP contribution in [0.4, 0.5) is 0 Å². The van der Waals surface area contributed by atoms with Gasteiger partial charge in [-0.3, -0.25) is 5.10 Å². The molecule has 0 aliphatic heterocycles. The van der Waals surface area contributed by atoms with Crippen molar-refractivity contribution in [1.29, 1.82) is 0 Å². The average molecular weight is 277 g/mol. The van der Waals surface area contributed by atoms with E-state index in [2.05, 4.69) is 43.1 Å². The topological polar surface area (TPSA) is 42.8 Å². The van der Waals surface area contributed by atoms with Crippen molar-refractivity contribution < 1.29 is 4.74 Å². The zero-order valence-electron chi connectivity index (χ0n) is 11.7. The van der Waals surface area contributed by atoms with Crippen LogP contribution in [-0.4, -0.2) is 14.8 Å². The maximum atomic E-state index is 6.03. The highest BCUT2D eigenvalue weighted by atomic mass is 32.1. The molecule has 1 aromatic carbocycles. The number of H-pyrrole nitrogens is 1. The summed E-state index contributed by atoms with van der Waals surface area (Å²) in [4.78, 5) is 0. The fraction of sp³-hybridized carbons (Fsp3) is 0.429. The Morgan fingerprint density at radius 1 is 1.37 bits per heavy atom. The van der Waals surface area contributed by atoms with E-state index >= 15 is 0 Å². The molecular weight excluding hydrogens is 258 g/mol. The minimum Gasteiger partial charge on any atom is -0.482 e. The number of aromatic nitrogens is 3. The Labute approximate surface area is 118 Å². The predicted octanol–water partition coefficient (Wildman–Crippen LogP) is 3.62. The molecule has 19 heavy (non-hydrogen) atoms. The molecule has 102 valence electrons. The van der Waals surface area contributed by atoms with Gasteiger partial charge in [-0.1, -0.05) is 13.0 Å². The molecule has 0 spiro atoms. The third kappa shape index (κ3) is 2.87. The van der Waals surface area contributed by atoms with Crippen LogP contribution in [0, 0.1) is 18.6 Å². The first-order valence-electron chi connectivity index (χ1n) is 6.38. The Bertz CT molecular complexity index is 630. The fourth-order valence-corrected chi connectivity index (χ4v) is 2.06. The van der Waals surface area contributed by atoms with Gasteiger partial charge in [-0.25, -0.2) is 0 Å². The van der Waals surface area contributed by atoms with E-state index in [1.54, 1.807) is 0 Å². The van der Waals surface area contributed by atoms with Gasteiger partial charge in [0.1, 0.15) is 5.75 Å². The van der Waals surface area contributed by atoms with Gasteiger partial charge in [-0.15, -0.1) is 0 Å². The number of nitrogens with zero attached hydrogens (tertiary/aromatic N) is 2. The van der Waals surface area contributed by atoms with Crippen LogP contribution in [0.25, 0.3) is 0 Å². The SMILES string of the molecule is CC[C@@H](Oc1ccc(C)c(C)c1)c1n[nH]c(=S)n1C. The number of hydrogen-bond donors (Lipinski definition) is 1. The fourth-order valence-electron chi connectivity index (χ4n) is 1.92. The molecule has 0 fully saturated rings. The maximum Gasteiger partial charge on any atom is 0.195 e. The molecule has 4 nitrogen and oxygen atoms in total. The van der Waals surface area contributed by atoms with Crippen molar-refractivity contribution in [3.05, 3.63) is 39.9 Å². The van der Waals surface area contributed by atoms with Crippen molar-refractivity contribution in [1.82, 2.24) is 14.8 Å². The quantitative estimate of drug-likeness (QED) is 0.868. The normalized spacial score (nSPS) is 12.4. The molecule has 1 N–H and O–H groups in total. The zero-order valence-corrected chi connectivity index (χ0v) is 12.5. The second-order valence-corrected chi connectivity index (χ2v) is 5.09. The van der Waals surface area contributed by atoms with Crippen molar-refractivity contribution in [2.75, 3.05) is 0 Å². The summed E-state index contributed by atoms with van der Waals surface area (Å²) in [6.07, 6.45) is 0.737. The molecule has 0 aliphatic carbocycles. The second kappa shape index (κ2) is 5.57. The van der Waals surface area contributed by atoms with Crippen molar-refractivity contribution >= 4 is 12.2 Å². The molecule has 0 saturated carbocycles. The van der Waals surface area contributed by atoms with Crippen LogP contribution in [0.2, 0.25) is 0 Å². The number of hydrogen-bond acceptors (Lipinski definition) is 3. The van der Waals surface area contributed by atoms with E-state index in [1.165, 1.54) is 11.1 Å². The lowest BCUT2D eigenvalue weighted by molar-refractivity contribution is 0.187. The first kappa shape index (κ1) is 13.8. The predicted molar refractivity (Wildman–Crippen MR) is 78.0 cm³/mol. The van der Waals surface area contributed by atoms with Crippen molar-refractivity contribution in [2.45, 2.75) is 33.3 Å². The summed E-state index contributed by atoms with van der Waals surface area (Å²) in [6.45, 7) is 6.25. The number of aromatic amines is 1. The van der Waals surface area contributed by atoms with Crippen LogP contribution in [0.5, 0.6) is 5.75 Å². The summed E-state index contributed by atoms with van der Waals surface area (Å²) in [6, 6.07) is 6.12. The van der Waals surface area contributed by atoms with Crippen LogP contribution in [0.1, 0.15) is 36.4 Å². The van der Waals surface area contributed by atoms with Crippen LogP contribution in [0.15, 0.2) is 18.2 Å². The van der Waals surface area contributed by atoms with E-state index < -0.39 is 0 Å². The zero-order chi connectivity index (χ0) is 14.0. The first-order chi connectivity index (χ1) is 9.02. The standard InChI is InChI=1S/C14H19N3OS/c1-5-12(13-15-16-14(19)17(13)4)18-11-7-6-9(2)10(3)8-11/h6-8,12H,5H2,1-4H3,(H,16,19)/t12-/m1/s1. The van der Waals surface area contributed by atoms with Crippen molar-refractivity contribution in [3.8, 4) is 5.75 Å². The molecule has 0 unspecified atom stereocenters. The van der Waals surface area contributed by atoms with Gasteiger partial charge in [0.2, 0.25) is 0 Å². The molecule has 1 atom stereocenters. The van der Waals surface area contributed by atoms with Gasteiger partial charge in [0, 0.05) is 7.05 Å². The molecule has 0 bridgehead atoms. The molecule has 1 aromatic heterocycles. The molecule has 2 rings (SSSR count). The lowest BCUT2D eigenvalue weighted by atomic mass is 10.1. The molecule has 0 saturated heterocycles. The maximum absolute atomic E-state index is 6.03. The molecular formula is C14H19N3OS. The lowest BCUT2D eigenvalue weighted by Gasteiger charge is -2.17. The summed E-state index contributed by atoms with van der Waals surface area (Å²) < 4.78 is 8.49. The Morgan fingerprint density at radius 3 is 2.63 bits per heavy atom. The van der Waals surface area contributed by atoms with Gasteiger partial charge in [0.05, 0.1) is 0 Å². The van der Waals surface area contributed by atoms with E-state index in [1.807, 2.05) is 17.7 Å². The average Bonchev–Trinajstić information content (AvgIpc) is 2.72. The van der Waals surface area contributed by atoms with Gasteiger partial charge in [-0.05, 0) is 55.7 Å². The lowest BCUT2D eigenvalue weighted by Crippen LogP contribution is -2.12. The largest absolute Gasteiger partial charge is 0.482 e. The number of benzene rings is 1. The minimum atomic E-state index is -0.0972. The molecule has 0 amide bonds. The van der Waals surface area contributed by atoms with Crippen LogP contribution >= 0.6 is 12.2 Å². The minimum absolute atomic E-state index is 0.0972. The molecule has 0 radical (unpaired) electrons. The first-order valence-corrected chi connectivity index (χ1v) is 6.79. The van der Waals surface area contributed by atoms with Crippen LogP contribution < -0.4 is 4.74 Å². The second-order valence-electron chi connectivity index (χ2n) is 4.71. The molecule has 5 heteroatoms. The molecule has 1 heterocycles. The number of nitrogens with one attached hydrogen (secondary N) is 1. The third-order valence-electron chi connectivity index (χ3n) is 3.33. The number of rotatable bonds is 4. The van der Waals surface area contributed by atoms with E-state index in [-0.39, 0.29) is 6.10 Å². The van der Waals surface area contributed by atoms with Gasteiger partial charge in [0.25, 0.3) is 0 Å². The number of ether oxygens (including phenoxy) is 1. The van der Waals surface area contributed by atoms with Crippen molar-refractivity contribution in [2.24, 2.45) is 7.05 Å². The van der Waals surface area contributed by atoms with Gasteiger partial charge in [0.15, 0.2) is 16.7 Å². The van der Waals surface area contributed by atoms with Crippen molar-refractivity contribution in [3.63, 3.8) is 0 Å². The highest BCUT2D eigenvalue weighted by molar-refractivity contribution is 7.71. The number of aryl methyl sites for hydroxylation is 2. The summed E-state index contributed by atoms with van der Waals surface area (Å²) >= 11 is 5.13. The highest BCUT2D eigenvalue weighted by Gasteiger charge is 2.17. The highest BCUT2D eigenvalue weighted by Crippen LogP contribution is 2.25. The van der Waals surface area contributed by atoms with E-state index in [0.717, 1.165) is 18.0 Å². The third-order valence-corrected chi connectivity index (χ3v) is 3.70. The van der Waals surface area contributed by atoms with Crippen LogP contribution in [0.3, 0.4) is 0 Å². The molecule has 0 aliphatic rings. The monoisotopic (exact) mass is 277 g/mol. The Hall–Kier alpha value is -1.62. The summed E-state index contributed by atoms with van der Waals surface area (Å²) in [5, 5.41) is 7.04. The van der Waals surface area contributed by atoms with E-state index in [4.69, 9.17) is 17.0 Å². The van der Waals surface area contributed by atoms with E-state index in [9.17, 15) is 0 Å². The summed E-state index contributed by atoms with van der Waals surface area (Å²) in [5.74, 6) is 1.69. The Balaban J connectivity index is 2.26. The Kier molecular flexibility index (Phi) is 4.04. The smallest absolute Gasteiger partial charge is 0.195 e. The summed E-state index contributed by atoms with van der Waals surface area (Å²) in [7, 11) is 1.90. The van der Waals surface area contributed by atoms with Gasteiger partial charge < -0.3 is 9.30 Å².